The first kappa shape index (κ1) is 24.5. The SMILES string of the molecule is CCOCCCN1C(=O)NC(c2ccc(OC)cc2)C(c2nc(-c3ccc(CC)cc3)no2)=C1C. The number of urea groups is 1. The molecular formula is C27H32N4O4. The molecule has 8 nitrogen and oxygen atoms in total. The van der Waals surface area contributed by atoms with Gasteiger partial charge in [0.25, 0.3) is 5.89 Å². The van der Waals surface area contributed by atoms with Gasteiger partial charge in [-0.05, 0) is 49.9 Å². The van der Waals surface area contributed by atoms with Crippen molar-refractivity contribution in [2.24, 2.45) is 0 Å². The third-order valence-corrected chi connectivity index (χ3v) is 6.20. The highest BCUT2D eigenvalue weighted by atomic mass is 16.5. The summed E-state index contributed by atoms with van der Waals surface area (Å²) in [6.07, 6.45) is 1.68. The number of aryl methyl sites for hydroxylation is 1. The van der Waals surface area contributed by atoms with Crippen molar-refractivity contribution < 1.29 is 18.8 Å². The predicted octanol–water partition coefficient (Wildman–Crippen LogP) is 5.23. The molecule has 2 heterocycles. The minimum Gasteiger partial charge on any atom is -0.497 e. The maximum absolute atomic E-state index is 13.1. The molecule has 184 valence electrons. The van der Waals surface area contributed by atoms with Crippen molar-refractivity contribution in [2.75, 3.05) is 26.9 Å². The maximum atomic E-state index is 13.1. The number of nitrogens with one attached hydrogen (secondary N) is 1. The fraction of sp³-hybridized carbons (Fsp3) is 0.370. The molecule has 0 aliphatic carbocycles. The van der Waals surface area contributed by atoms with E-state index >= 15 is 0 Å². The molecule has 4 rings (SSSR count). The summed E-state index contributed by atoms with van der Waals surface area (Å²) in [6.45, 7) is 7.76. The van der Waals surface area contributed by atoms with Crippen LogP contribution in [0, 0.1) is 0 Å². The summed E-state index contributed by atoms with van der Waals surface area (Å²) in [5.74, 6) is 1.63. The van der Waals surface area contributed by atoms with Gasteiger partial charge in [-0.1, -0.05) is 48.5 Å². The number of allylic oxidation sites excluding steroid dienone is 1. The van der Waals surface area contributed by atoms with Gasteiger partial charge in [0.2, 0.25) is 5.82 Å². The fourth-order valence-electron chi connectivity index (χ4n) is 4.18. The number of aromatic nitrogens is 2. The Morgan fingerprint density at radius 1 is 1.09 bits per heavy atom. The number of ether oxygens (including phenoxy) is 2. The minimum absolute atomic E-state index is 0.168. The molecule has 0 fully saturated rings. The van der Waals surface area contributed by atoms with Gasteiger partial charge in [0.15, 0.2) is 0 Å². The van der Waals surface area contributed by atoms with E-state index in [-0.39, 0.29) is 6.03 Å². The molecule has 35 heavy (non-hydrogen) atoms. The van der Waals surface area contributed by atoms with E-state index in [9.17, 15) is 4.79 Å². The molecule has 1 atom stereocenters. The topological polar surface area (TPSA) is 89.7 Å². The van der Waals surface area contributed by atoms with E-state index in [0.29, 0.717) is 31.5 Å². The molecule has 1 aliphatic heterocycles. The van der Waals surface area contributed by atoms with Gasteiger partial charge < -0.3 is 19.3 Å². The van der Waals surface area contributed by atoms with Crippen molar-refractivity contribution in [3.8, 4) is 17.1 Å². The lowest BCUT2D eigenvalue weighted by Crippen LogP contribution is -2.46. The molecule has 1 N–H and O–H groups in total. The zero-order chi connectivity index (χ0) is 24.8. The molecular weight excluding hydrogens is 444 g/mol. The molecule has 8 heteroatoms. The maximum Gasteiger partial charge on any atom is 0.322 e. The highest BCUT2D eigenvalue weighted by Crippen LogP contribution is 2.37. The number of rotatable bonds is 10. The number of nitrogens with zero attached hydrogens (tertiary/aromatic N) is 3. The largest absolute Gasteiger partial charge is 0.497 e. The predicted molar refractivity (Wildman–Crippen MR) is 134 cm³/mol. The summed E-state index contributed by atoms with van der Waals surface area (Å²) in [5, 5.41) is 7.37. The Kier molecular flexibility index (Phi) is 7.82. The van der Waals surface area contributed by atoms with Crippen LogP contribution in [-0.2, 0) is 11.2 Å². The van der Waals surface area contributed by atoms with Crippen LogP contribution in [0.2, 0.25) is 0 Å². The van der Waals surface area contributed by atoms with E-state index in [1.54, 1.807) is 12.0 Å². The van der Waals surface area contributed by atoms with Gasteiger partial charge in [0.05, 0.1) is 18.7 Å². The Labute approximate surface area is 205 Å². The third-order valence-electron chi connectivity index (χ3n) is 6.20. The van der Waals surface area contributed by atoms with Crippen LogP contribution in [0.15, 0.2) is 58.8 Å². The van der Waals surface area contributed by atoms with Crippen LogP contribution in [0.25, 0.3) is 17.0 Å². The van der Waals surface area contributed by atoms with Crippen molar-refractivity contribution in [3.05, 3.63) is 71.2 Å². The van der Waals surface area contributed by atoms with Gasteiger partial charge in [-0.2, -0.15) is 4.98 Å². The second kappa shape index (κ2) is 11.2. The zero-order valence-corrected chi connectivity index (χ0v) is 20.7. The van der Waals surface area contributed by atoms with E-state index in [4.69, 9.17) is 19.0 Å². The molecule has 3 aromatic rings. The lowest BCUT2D eigenvalue weighted by molar-refractivity contribution is 0.136. The van der Waals surface area contributed by atoms with Crippen LogP contribution < -0.4 is 10.1 Å². The van der Waals surface area contributed by atoms with Crippen LogP contribution in [-0.4, -0.2) is 47.9 Å². The Balaban J connectivity index is 1.71. The summed E-state index contributed by atoms with van der Waals surface area (Å²) in [6, 6.07) is 15.1. The van der Waals surface area contributed by atoms with Gasteiger partial charge in [-0.25, -0.2) is 4.79 Å². The Morgan fingerprint density at radius 3 is 2.49 bits per heavy atom. The normalized spacial score (nSPS) is 15.9. The second-order valence-electron chi connectivity index (χ2n) is 8.33. The number of carbonyl (C=O) groups excluding carboxylic acids is 1. The standard InChI is InChI=1S/C27H32N4O4/c1-5-19-8-10-21(11-9-19)25-29-26(35-30-25)23-18(3)31(16-7-17-34-6-2)27(32)28-24(23)20-12-14-22(33-4)15-13-20/h8-15,24H,5-7,16-17H2,1-4H3,(H,28,32). The first-order chi connectivity index (χ1) is 17.0. The number of amides is 2. The minimum atomic E-state index is -0.438. The van der Waals surface area contributed by atoms with Crippen molar-refractivity contribution in [3.63, 3.8) is 0 Å². The molecule has 2 aromatic carbocycles. The molecule has 1 aromatic heterocycles. The summed E-state index contributed by atoms with van der Waals surface area (Å²) in [4.78, 5) is 19.5. The average Bonchev–Trinajstić information content (AvgIpc) is 3.37. The van der Waals surface area contributed by atoms with E-state index < -0.39 is 6.04 Å². The molecule has 2 amide bonds. The van der Waals surface area contributed by atoms with Crippen LogP contribution >= 0.6 is 0 Å². The van der Waals surface area contributed by atoms with Gasteiger partial charge in [-0.3, -0.25) is 4.90 Å². The first-order valence-electron chi connectivity index (χ1n) is 12.0. The van der Waals surface area contributed by atoms with Crippen LogP contribution in [0.3, 0.4) is 0 Å². The summed E-state index contributed by atoms with van der Waals surface area (Å²) in [5.41, 5.74) is 4.57. The van der Waals surface area contributed by atoms with Gasteiger partial charge in [0.1, 0.15) is 5.75 Å². The number of benzene rings is 2. The lowest BCUT2D eigenvalue weighted by Gasteiger charge is -2.35. The fourth-order valence-corrected chi connectivity index (χ4v) is 4.18. The third kappa shape index (κ3) is 5.38. The number of hydrogen-bond donors (Lipinski definition) is 1. The van der Waals surface area contributed by atoms with E-state index in [1.807, 2.05) is 50.2 Å². The lowest BCUT2D eigenvalue weighted by atomic mass is 9.94. The van der Waals surface area contributed by atoms with Crippen molar-refractivity contribution in [1.82, 2.24) is 20.4 Å². The molecule has 1 aliphatic rings. The Bertz CT molecular complexity index is 1170. The number of hydrogen-bond acceptors (Lipinski definition) is 6. The second-order valence-corrected chi connectivity index (χ2v) is 8.33. The molecule has 0 spiro atoms. The van der Waals surface area contributed by atoms with E-state index in [1.165, 1.54) is 5.56 Å². The number of carbonyl (C=O) groups is 1. The highest BCUT2D eigenvalue weighted by molar-refractivity contribution is 5.86. The quantitative estimate of drug-likeness (QED) is 0.403. The molecule has 0 bridgehead atoms. The number of methoxy groups -OCH3 is 1. The van der Waals surface area contributed by atoms with Crippen LogP contribution in [0.5, 0.6) is 5.75 Å². The molecule has 0 saturated carbocycles. The zero-order valence-electron chi connectivity index (χ0n) is 20.7. The Hall–Kier alpha value is -3.65. The molecule has 0 radical (unpaired) electrons. The van der Waals surface area contributed by atoms with E-state index in [2.05, 4.69) is 29.5 Å². The van der Waals surface area contributed by atoms with Gasteiger partial charge in [-0.15, -0.1) is 0 Å². The smallest absolute Gasteiger partial charge is 0.322 e. The van der Waals surface area contributed by atoms with Gasteiger partial charge in [0, 0.05) is 31.0 Å². The molecule has 0 saturated heterocycles. The average molecular weight is 477 g/mol. The van der Waals surface area contributed by atoms with Crippen molar-refractivity contribution in [2.45, 2.75) is 39.7 Å². The van der Waals surface area contributed by atoms with Crippen LogP contribution in [0.1, 0.15) is 50.3 Å². The first-order valence-corrected chi connectivity index (χ1v) is 12.0. The van der Waals surface area contributed by atoms with Crippen LogP contribution in [0.4, 0.5) is 4.79 Å². The summed E-state index contributed by atoms with van der Waals surface area (Å²) < 4.78 is 16.5. The van der Waals surface area contributed by atoms with Crippen molar-refractivity contribution in [1.29, 1.82) is 0 Å². The highest BCUT2D eigenvalue weighted by Gasteiger charge is 2.35. The summed E-state index contributed by atoms with van der Waals surface area (Å²) >= 11 is 0. The monoisotopic (exact) mass is 476 g/mol. The van der Waals surface area contributed by atoms with Crippen molar-refractivity contribution >= 4 is 11.6 Å². The van der Waals surface area contributed by atoms with E-state index in [0.717, 1.165) is 41.0 Å². The molecule has 1 unspecified atom stereocenters. The van der Waals surface area contributed by atoms with Gasteiger partial charge >= 0.3 is 6.03 Å². The Morgan fingerprint density at radius 2 is 1.83 bits per heavy atom. The summed E-state index contributed by atoms with van der Waals surface area (Å²) in [7, 11) is 1.63.